The molecule has 4 rings (SSSR count). The van der Waals surface area contributed by atoms with Crippen molar-refractivity contribution in [3.8, 4) is 11.5 Å². The predicted octanol–water partition coefficient (Wildman–Crippen LogP) is 6.16. The highest BCUT2D eigenvalue weighted by molar-refractivity contribution is 9.10. The summed E-state index contributed by atoms with van der Waals surface area (Å²) in [6.45, 7) is 4.61. The van der Waals surface area contributed by atoms with Crippen LogP contribution < -0.4 is 19.7 Å². The largest absolute Gasteiger partial charge is 0.490 e. The van der Waals surface area contributed by atoms with E-state index < -0.39 is 17.8 Å². The number of hydrogen-bond donors (Lipinski definition) is 1. The lowest BCUT2D eigenvalue weighted by atomic mass is 10.1. The number of amides is 4. The Morgan fingerprint density at radius 2 is 1.67 bits per heavy atom. The number of imide groups is 2. The van der Waals surface area contributed by atoms with Gasteiger partial charge in [0.25, 0.3) is 11.8 Å². The van der Waals surface area contributed by atoms with Crippen molar-refractivity contribution in [3.63, 3.8) is 0 Å². The Morgan fingerprint density at radius 1 is 0.944 bits per heavy atom. The molecule has 0 bridgehead atoms. The van der Waals surface area contributed by atoms with E-state index in [9.17, 15) is 14.4 Å². The third kappa shape index (κ3) is 5.68. The number of anilines is 1. The van der Waals surface area contributed by atoms with Gasteiger partial charge in [-0.3, -0.25) is 14.9 Å². The molecule has 0 spiro atoms. The second kappa shape index (κ2) is 11.1. The standard InChI is InChI=1S/C27H22Br2N2O5/c1-3-35-23-13-18(22(29)14-24(23)36-15-17-6-4-5-16(2)11-17)12-21-25(32)30-27(34)31(26(21)33)20-9-7-19(28)8-10-20/h4-14H,3,15H2,1-2H3,(H,30,32,34)/b21-12+. The number of rotatable bonds is 7. The van der Waals surface area contributed by atoms with Crippen molar-refractivity contribution in [1.29, 1.82) is 0 Å². The Hall–Kier alpha value is -3.43. The van der Waals surface area contributed by atoms with Crippen molar-refractivity contribution < 1.29 is 23.9 Å². The molecule has 36 heavy (non-hydrogen) atoms. The maximum Gasteiger partial charge on any atom is 0.335 e. The Bertz CT molecular complexity index is 1370. The zero-order chi connectivity index (χ0) is 25.8. The van der Waals surface area contributed by atoms with E-state index >= 15 is 0 Å². The Labute approximate surface area is 225 Å². The molecular weight excluding hydrogens is 592 g/mol. The Balaban J connectivity index is 1.66. The SMILES string of the molecule is CCOc1cc(/C=C2\C(=O)NC(=O)N(c3ccc(Br)cc3)C2=O)c(Br)cc1OCc1cccc(C)c1. The maximum absolute atomic E-state index is 13.2. The molecular formula is C27H22Br2N2O5. The fraction of sp³-hybridized carbons (Fsp3) is 0.148. The molecule has 1 saturated heterocycles. The van der Waals surface area contributed by atoms with Crippen LogP contribution in [-0.4, -0.2) is 24.5 Å². The van der Waals surface area contributed by atoms with Gasteiger partial charge in [0.05, 0.1) is 12.3 Å². The number of urea groups is 1. The summed E-state index contributed by atoms with van der Waals surface area (Å²) in [6, 6.07) is 17.2. The molecule has 1 aliphatic heterocycles. The maximum atomic E-state index is 13.2. The number of benzene rings is 3. The monoisotopic (exact) mass is 612 g/mol. The first kappa shape index (κ1) is 25.7. The number of nitrogens with one attached hydrogen (secondary N) is 1. The highest BCUT2D eigenvalue weighted by Crippen LogP contribution is 2.36. The van der Waals surface area contributed by atoms with Crippen LogP contribution in [0.15, 0.2) is 75.2 Å². The van der Waals surface area contributed by atoms with E-state index in [0.29, 0.717) is 40.4 Å². The second-order valence-corrected chi connectivity index (χ2v) is 9.74. The third-order valence-electron chi connectivity index (χ3n) is 5.33. The minimum atomic E-state index is -0.807. The molecule has 1 N–H and O–H groups in total. The summed E-state index contributed by atoms with van der Waals surface area (Å²) in [4.78, 5) is 39.2. The first-order valence-electron chi connectivity index (χ1n) is 11.1. The summed E-state index contributed by atoms with van der Waals surface area (Å²) in [6.07, 6.45) is 1.42. The molecule has 0 atom stereocenters. The molecule has 184 valence electrons. The molecule has 0 aliphatic carbocycles. The van der Waals surface area contributed by atoms with Crippen LogP contribution in [0.4, 0.5) is 10.5 Å². The summed E-state index contributed by atoms with van der Waals surface area (Å²) in [7, 11) is 0. The van der Waals surface area contributed by atoms with Crippen LogP contribution in [0.2, 0.25) is 0 Å². The zero-order valence-corrected chi connectivity index (χ0v) is 22.7. The van der Waals surface area contributed by atoms with Gasteiger partial charge in [-0.2, -0.15) is 0 Å². The normalized spacial score (nSPS) is 14.7. The number of barbiturate groups is 1. The topological polar surface area (TPSA) is 84.9 Å². The molecule has 0 aromatic heterocycles. The highest BCUT2D eigenvalue weighted by Gasteiger charge is 2.37. The van der Waals surface area contributed by atoms with Crippen LogP contribution in [0.5, 0.6) is 11.5 Å². The van der Waals surface area contributed by atoms with Gasteiger partial charge in [0.15, 0.2) is 11.5 Å². The lowest BCUT2D eigenvalue weighted by molar-refractivity contribution is -0.122. The number of carbonyl (C=O) groups excluding carboxylic acids is 3. The predicted molar refractivity (Wildman–Crippen MR) is 144 cm³/mol. The number of ether oxygens (including phenoxy) is 2. The molecule has 0 saturated carbocycles. The third-order valence-corrected chi connectivity index (χ3v) is 6.54. The van der Waals surface area contributed by atoms with E-state index in [1.54, 1.807) is 36.4 Å². The Morgan fingerprint density at radius 3 is 2.36 bits per heavy atom. The van der Waals surface area contributed by atoms with Crippen LogP contribution in [0, 0.1) is 6.92 Å². The van der Waals surface area contributed by atoms with E-state index in [4.69, 9.17) is 9.47 Å². The van der Waals surface area contributed by atoms with Gasteiger partial charge in [0.2, 0.25) is 0 Å². The van der Waals surface area contributed by atoms with Crippen LogP contribution in [-0.2, 0) is 16.2 Å². The van der Waals surface area contributed by atoms with E-state index in [1.165, 1.54) is 6.08 Å². The second-order valence-electron chi connectivity index (χ2n) is 7.97. The minimum absolute atomic E-state index is 0.186. The average molecular weight is 614 g/mol. The minimum Gasteiger partial charge on any atom is -0.490 e. The van der Waals surface area contributed by atoms with Crippen LogP contribution >= 0.6 is 31.9 Å². The van der Waals surface area contributed by atoms with Crippen molar-refractivity contribution in [2.45, 2.75) is 20.5 Å². The Kier molecular flexibility index (Phi) is 7.91. The number of carbonyl (C=O) groups is 3. The van der Waals surface area contributed by atoms with Crippen molar-refractivity contribution in [2.75, 3.05) is 11.5 Å². The molecule has 0 radical (unpaired) electrons. The smallest absolute Gasteiger partial charge is 0.335 e. The summed E-state index contributed by atoms with van der Waals surface area (Å²) in [5, 5.41) is 2.23. The van der Waals surface area contributed by atoms with Crippen molar-refractivity contribution in [2.24, 2.45) is 0 Å². The first-order valence-corrected chi connectivity index (χ1v) is 12.7. The zero-order valence-electron chi connectivity index (χ0n) is 19.5. The van der Waals surface area contributed by atoms with Crippen LogP contribution in [0.3, 0.4) is 0 Å². The molecule has 3 aromatic carbocycles. The van der Waals surface area contributed by atoms with Crippen molar-refractivity contribution in [1.82, 2.24) is 5.32 Å². The quantitative estimate of drug-likeness (QED) is 0.255. The molecule has 7 nitrogen and oxygen atoms in total. The van der Waals surface area contributed by atoms with E-state index in [1.807, 2.05) is 38.1 Å². The van der Waals surface area contributed by atoms with Crippen LogP contribution in [0.1, 0.15) is 23.6 Å². The number of halogens is 2. The van der Waals surface area contributed by atoms with E-state index in [0.717, 1.165) is 20.5 Å². The molecule has 1 aliphatic rings. The molecule has 9 heteroatoms. The average Bonchev–Trinajstić information content (AvgIpc) is 2.83. The number of aryl methyl sites for hydroxylation is 1. The highest BCUT2D eigenvalue weighted by atomic mass is 79.9. The van der Waals surface area contributed by atoms with Gasteiger partial charge in [0.1, 0.15) is 12.2 Å². The fourth-order valence-electron chi connectivity index (χ4n) is 3.64. The van der Waals surface area contributed by atoms with Gasteiger partial charge in [-0.05, 0) is 67.4 Å². The van der Waals surface area contributed by atoms with Crippen molar-refractivity contribution >= 4 is 61.5 Å². The van der Waals surface area contributed by atoms with Crippen LogP contribution in [0.25, 0.3) is 6.08 Å². The lowest BCUT2D eigenvalue weighted by Crippen LogP contribution is -2.54. The number of hydrogen-bond acceptors (Lipinski definition) is 5. The molecule has 1 fully saturated rings. The van der Waals surface area contributed by atoms with Gasteiger partial charge >= 0.3 is 6.03 Å². The summed E-state index contributed by atoms with van der Waals surface area (Å²) >= 11 is 6.84. The van der Waals surface area contributed by atoms with Crippen molar-refractivity contribution in [3.05, 3.63) is 91.9 Å². The molecule has 3 aromatic rings. The molecule has 1 heterocycles. The summed E-state index contributed by atoms with van der Waals surface area (Å²) < 4.78 is 13.2. The lowest BCUT2D eigenvalue weighted by Gasteiger charge is -2.26. The van der Waals surface area contributed by atoms with E-state index in [2.05, 4.69) is 37.2 Å². The van der Waals surface area contributed by atoms with Gasteiger partial charge in [-0.15, -0.1) is 0 Å². The summed E-state index contributed by atoms with van der Waals surface area (Å²) in [5.41, 5.74) is 2.82. The number of nitrogens with zero attached hydrogens (tertiary/aromatic N) is 1. The van der Waals surface area contributed by atoms with Gasteiger partial charge < -0.3 is 9.47 Å². The first-order chi connectivity index (χ1) is 17.3. The van der Waals surface area contributed by atoms with Gasteiger partial charge in [-0.1, -0.05) is 61.7 Å². The fourth-order valence-corrected chi connectivity index (χ4v) is 4.34. The van der Waals surface area contributed by atoms with Gasteiger partial charge in [-0.25, -0.2) is 9.69 Å². The van der Waals surface area contributed by atoms with Gasteiger partial charge in [0, 0.05) is 8.95 Å². The van der Waals surface area contributed by atoms with E-state index in [-0.39, 0.29) is 5.57 Å². The summed E-state index contributed by atoms with van der Waals surface area (Å²) in [5.74, 6) is -0.526. The molecule has 4 amide bonds. The molecule has 0 unspecified atom stereocenters.